The van der Waals surface area contributed by atoms with Gasteiger partial charge in [-0.05, 0) is 0 Å². The topological polar surface area (TPSA) is 101 Å². The molecule has 2 atom stereocenters. The number of carbonyl (C=O) groups excluding carboxylic acids is 3. The van der Waals surface area contributed by atoms with Crippen molar-refractivity contribution in [2.45, 2.75) is 12.2 Å². The van der Waals surface area contributed by atoms with Crippen LogP contribution < -0.4 is 0 Å². The van der Waals surface area contributed by atoms with Crippen LogP contribution in [0.5, 0.6) is 0 Å². The maximum atomic E-state index is 10.7. The molecule has 2 N–H and O–H groups in total. The number of ether oxygens (including phenoxy) is 1. The van der Waals surface area contributed by atoms with Gasteiger partial charge in [-0.25, -0.2) is 4.79 Å². The predicted molar refractivity (Wildman–Crippen MR) is 33.0 cm³/mol. The molecule has 1 aliphatic heterocycles. The molecule has 12 heavy (non-hydrogen) atoms. The van der Waals surface area contributed by atoms with E-state index in [1.165, 1.54) is 0 Å². The molecule has 0 aromatic carbocycles. The first-order valence-corrected chi connectivity index (χ1v) is 3.16. The molecule has 0 unspecified atom stereocenters. The highest BCUT2D eigenvalue weighted by Crippen LogP contribution is 2.10. The van der Waals surface area contributed by atoms with Crippen molar-refractivity contribution in [3.63, 3.8) is 0 Å². The molecule has 1 heterocycles. The SMILES string of the molecule is O=C1O[C@@H]([C@@H](O)CO)C(=O)C1=O. The van der Waals surface area contributed by atoms with Crippen molar-refractivity contribution in [2.75, 3.05) is 6.61 Å². The zero-order chi connectivity index (χ0) is 9.30. The average molecular weight is 174 g/mol. The molecule has 1 aliphatic rings. The lowest BCUT2D eigenvalue weighted by Crippen LogP contribution is -2.35. The summed E-state index contributed by atoms with van der Waals surface area (Å²) in [6, 6.07) is 0. The van der Waals surface area contributed by atoms with Crippen molar-refractivity contribution < 1.29 is 29.3 Å². The third kappa shape index (κ3) is 1.21. The lowest BCUT2D eigenvalue weighted by Gasteiger charge is -2.10. The molecule has 1 fully saturated rings. The van der Waals surface area contributed by atoms with E-state index < -0.39 is 36.4 Å². The number of esters is 1. The second-order valence-electron chi connectivity index (χ2n) is 2.27. The minimum atomic E-state index is -1.53. The van der Waals surface area contributed by atoms with Gasteiger partial charge < -0.3 is 14.9 Å². The summed E-state index contributed by atoms with van der Waals surface area (Å²) in [4.78, 5) is 31.7. The first-order valence-electron chi connectivity index (χ1n) is 3.16. The molecule has 6 heteroatoms. The van der Waals surface area contributed by atoms with E-state index in [9.17, 15) is 14.4 Å². The third-order valence-corrected chi connectivity index (χ3v) is 1.44. The van der Waals surface area contributed by atoms with Crippen LogP contribution in [0.3, 0.4) is 0 Å². The number of hydrogen-bond donors (Lipinski definition) is 2. The molecular weight excluding hydrogens is 168 g/mol. The number of aliphatic hydroxyl groups excluding tert-OH is 2. The summed E-state index contributed by atoms with van der Waals surface area (Å²) in [5.74, 6) is -3.67. The summed E-state index contributed by atoms with van der Waals surface area (Å²) in [7, 11) is 0. The molecule has 0 amide bonds. The van der Waals surface area contributed by atoms with E-state index in [0.717, 1.165) is 0 Å². The van der Waals surface area contributed by atoms with Crippen molar-refractivity contribution in [1.82, 2.24) is 0 Å². The molecule has 0 aromatic rings. The molecule has 0 saturated carbocycles. The van der Waals surface area contributed by atoms with E-state index in [0.29, 0.717) is 0 Å². The van der Waals surface area contributed by atoms with Gasteiger partial charge in [-0.2, -0.15) is 0 Å². The fourth-order valence-corrected chi connectivity index (χ4v) is 0.801. The van der Waals surface area contributed by atoms with Crippen LogP contribution in [0.4, 0.5) is 0 Å². The number of rotatable bonds is 2. The zero-order valence-corrected chi connectivity index (χ0v) is 5.89. The van der Waals surface area contributed by atoms with Gasteiger partial charge in [0, 0.05) is 0 Å². The third-order valence-electron chi connectivity index (χ3n) is 1.44. The standard InChI is InChI=1S/C6H6O6/c7-1-2(8)5-3(9)4(10)6(11)12-5/h2,5,7-8H,1H2/t2-,5-/m0/s1. The van der Waals surface area contributed by atoms with Gasteiger partial charge in [-0.1, -0.05) is 0 Å². The van der Waals surface area contributed by atoms with Crippen molar-refractivity contribution in [1.29, 1.82) is 0 Å². The Hall–Kier alpha value is -1.27. The van der Waals surface area contributed by atoms with Crippen LogP contribution >= 0.6 is 0 Å². The van der Waals surface area contributed by atoms with Crippen molar-refractivity contribution >= 4 is 17.5 Å². The van der Waals surface area contributed by atoms with Crippen LogP contribution in [0, 0.1) is 0 Å². The lowest BCUT2D eigenvalue weighted by molar-refractivity contribution is -0.152. The number of cyclic esters (lactones) is 1. The van der Waals surface area contributed by atoms with Crippen LogP contribution in [0.25, 0.3) is 0 Å². The highest BCUT2D eigenvalue weighted by atomic mass is 16.6. The van der Waals surface area contributed by atoms with E-state index in [1.54, 1.807) is 0 Å². The maximum Gasteiger partial charge on any atom is 0.383 e. The molecule has 0 radical (unpaired) electrons. The van der Waals surface area contributed by atoms with Gasteiger partial charge in [0.15, 0.2) is 6.10 Å². The van der Waals surface area contributed by atoms with Crippen molar-refractivity contribution in [2.24, 2.45) is 0 Å². The Morgan fingerprint density at radius 2 is 2.00 bits per heavy atom. The molecule has 1 rings (SSSR count). The van der Waals surface area contributed by atoms with Gasteiger partial charge in [0.2, 0.25) is 0 Å². The minimum Gasteiger partial charge on any atom is -0.445 e. The summed E-state index contributed by atoms with van der Waals surface area (Å²) < 4.78 is 4.19. The van der Waals surface area contributed by atoms with E-state index in [1.807, 2.05) is 0 Å². The number of Topliss-reactive ketones (excluding diaryl/α,β-unsaturated/α-hetero) is 2. The Balaban J connectivity index is 2.78. The van der Waals surface area contributed by atoms with E-state index in [2.05, 4.69) is 4.74 Å². The van der Waals surface area contributed by atoms with Gasteiger partial charge in [0.05, 0.1) is 6.61 Å². The van der Waals surface area contributed by atoms with E-state index in [-0.39, 0.29) is 0 Å². The van der Waals surface area contributed by atoms with Crippen molar-refractivity contribution in [3.05, 3.63) is 0 Å². The molecule has 0 spiro atoms. The molecule has 1 saturated heterocycles. The summed E-state index contributed by atoms with van der Waals surface area (Å²) in [5.41, 5.74) is 0. The maximum absolute atomic E-state index is 10.7. The largest absolute Gasteiger partial charge is 0.445 e. The minimum absolute atomic E-state index is 0.739. The van der Waals surface area contributed by atoms with E-state index >= 15 is 0 Å². The van der Waals surface area contributed by atoms with Crippen LogP contribution in [0.15, 0.2) is 0 Å². The van der Waals surface area contributed by atoms with Gasteiger partial charge in [-0.3, -0.25) is 9.59 Å². The number of ketones is 2. The average Bonchev–Trinajstić information content (AvgIpc) is 2.32. The summed E-state index contributed by atoms with van der Waals surface area (Å²) in [6.45, 7) is -0.739. The smallest absolute Gasteiger partial charge is 0.383 e. The number of hydrogen-bond acceptors (Lipinski definition) is 6. The quantitative estimate of drug-likeness (QED) is 0.351. The summed E-state index contributed by atoms with van der Waals surface area (Å²) >= 11 is 0. The Kier molecular flexibility index (Phi) is 2.20. The molecular formula is C6H6O6. The molecule has 0 bridgehead atoms. The Morgan fingerprint density at radius 3 is 2.33 bits per heavy atom. The zero-order valence-electron chi connectivity index (χ0n) is 5.89. The first kappa shape index (κ1) is 8.82. The second-order valence-corrected chi connectivity index (χ2v) is 2.27. The molecule has 0 aromatic heterocycles. The first-order chi connectivity index (χ1) is 5.57. The molecule has 0 aliphatic carbocycles. The van der Waals surface area contributed by atoms with Crippen LogP contribution in [0.1, 0.15) is 0 Å². The van der Waals surface area contributed by atoms with E-state index in [4.69, 9.17) is 10.2 Å². The molecule has 6 nitrogen and oxygen atoms in total. The van der Waals surface area contributed by atoms with Gasteiger partial charge in [0.25, 0.3) is 5.78 Å². The summed E-state index contributed by atoms with van der Waals surface area (Å²) in [5, 5.41) is 17.2. The lowest BCUT2D eigenvalue weighted by atomic mass is 10.1. The van der Waals surface area contributed by atoms with Gasteiger partial charge >= 0.3 is 11.8 Å². The summed E-state index contributed by atoms with van der Waals surface area (Å²) in [6.07, 6.45) is -3.05. The van der Waals surface area contributed by atoms with Crippen LogP contribution in [-0.2, 0) is 19.1 Å². The Labute approximate surface area is 66.7 Å². The Morgan fingerprint density at radius 1 is 1.42 bits per heavy atom. The monoisotopic (exact) mass is 174 g/mol. The van der Waals surface area contributed by atoms with Crippen LogP contribution in [-0.4, -0.2) is 46.6 Å². The second kappa shape index (κ2) is 3.00. The van der Waals surface area contributed by atoms with Gasteiger partial charge in [0.1, 0.15) is 6.10 Å². The number of aliphatic hydroxyl groups is 2. The van der Waals surface area contributed by atoms with Gasteiger partial charge in [-0.15, -0.1) is 0 Å². The fraction of sp³-hybridized carbons (Fsp3) is 0.500. The fourth-order valence-electron chi connectivity index (χ4n) is 0.801. The predicted octanol–water partition coefficient (Wildman–Crippen LogP) is -2.60. The van der Waals surface area contributed by atoms with Crippen molar-refractivity contribution in [3.8, 4) is 0 Å². The highest BCUT2D eigenvalue weighted by molar-refractivity contribution is 6.65. The normalized spacial score (nSPS) is 25.8. The highest BCUT2D eigenvalue weighted by Gasteiger charge is 2.45. The van der Waals surface area contributed by atoms with Crippen LogP contribution in [0.2, 0.25) is 0 Å². The Bertz CT molecular complexity index is 244. The molecule has 66 valence electrons. The number of carbonyl (C=O) groups is 3.